The number of nitrogens with one attached hydrogen (secondary N) is 1. The number of aryl methyl sites for hydroxylation is 1. The van der Waals surface area contributed by atoms with Gasteiger partial charge in [0.2, 0.25) is 17.7 Å². The van der Waals surface area contributed by atoms with Crippen molar-refractivity contribution in [1.82, 2.24) is 15.2 Å². The lowest BCUT2D eigenvalue weighted by atomic mass is 10.2. The maximum Gasteiger partial charge on any atom is 0.247 e. The monoisotopic (exact) mass is 426 g/mol. The maximum atomic E-state index is 12.4. The molecule has 31 heavy (non-hydrogen) atoms. The third-order valence-corrected chi connectivity index (χ3v) is 5.83. The first kappa shape index (κ1) is 19.1. The van der Waals surface area contributed by atoms with Crippen LogP contribution in [0.2, 0.25) is 0 Å². The van der Waals surface area contributed by atoms with Crippen molar-refractivity contribution >= 4 is 33.1 Å². The molecule has 7 heteroatoms. The highest BCUT2D eigenvalue weighted by atomic mass is 32.1. The fourth-order valence-electron chi connectivity index (χ4n) is 3.22. The Kier molecular flexibility index (Phi) is 5.24. The van der Waals surface area contributed by atoms with E-state index in [-0.39, 0.29) is 12.3 Å². The predicted octanol–water partition coefficient (Wildman–Crippen LogP) is 5.58. The van der Waals surface area contributed by atoms with E-state index < -0.39 is 0 Å². The zero-order valence-corrected chi connectivity index (χ0v) is 17.3. The smallest absolute Gasteiger partial charge is 0.247 e. The van der Waals surface area contributed by atoms with Gasteiger partial charge in [0.25, 0.3) is 0 Å². The molecular weight excluding hydrogens is 408 g/mol. The highest BCUT2D eigenvalue weighted by molar-refractivity contribution is 7.21. The largest absolute Gasteiger partial charge is 0.421 e. The Labute approximate surface area is 182 Å². The molecule has 0 aliphatic heterocycles. The molecule has 6 nitrogen and oxygen atoms in total. The summed E-state index contributed by atoms with van der Waals surface area (Å²) in [6.07, 6.45) is 0.630. The van der Waals surface area contributed by atoms with E-state index in [0.29, 0.717) is 18.2 Å². The molecule has 3 aromatic carbocycles. The second kappa shape index (κ2) is 8.49. The van der Waals surface area contributed by atoms with Gasteiger partial charge in [-0.3, -0.25) is 4.79 Å². The highest BCUT2D eigenvalue weighted by Gasteiger charge is 2.12. The Morgan fingerprint density at radius 3 is 2.58 bits per heavy atom. The number of amides is 1. The maximum absolute atomic E-state index is 12.4. The van der Waals surface area contributed by atoms with Gasteiger partial charge in [-0.25, -0.2) is 4.98 Å². The third-order valence-electron chi connectivity index (χ3n) is 4.74. The number of thiazole rings is 1. The molecule has 0 bridgehead atoms. The molecule has 5 aromatic rings. The topological polar surface area (TPSA) is 80.9 Å². The number of hydrogen-bond acceptors (Lipinski definition) is 6. The van der Waals surface area contributed by atoms with Crippen LogP contribution in [0.5, 0.6) is 0 Å². The number of benzene rings is 3. The van der Waals surface area contributed by atoms with Crippen LogP contribution < -0.4 is 5.32 Å². The molecule has 0 saturated heterocycles. The van der Waals surface area contributed by atoms with E-state index in [9.17, 15) is 4.79 Å². The SMILES string of the molecule is O=C(CCc1nnc(-c2ccccc2)o1)Nc1cccc(-c2nc3ccccc3s2)c1. The van der Waals surface area contributed by atoms with Crippen LogP contribution in [0.1, 0.15) is 12.3 Å². The average Bonchev–Trinajstić information content (AvgIpc) is 3.46. The molecule has 0 unspecified atom stereocenters. The molecule has 5 rings (SSSR count). The van der Waals surface area contributed by atoms with Gasteiger partial charge in [0, 0.05) is 29.7 Å². The second-order valence-corrected chi connectivity index (χ2v) is 8.01. The molecule has 0 aliphatic carbocycles. The van der Waals surface area contributed by atoms with Gasteiger partial charge in [0.15, 0.2) is 0 Å². The summed E-state index contributed by atoms with van der Waals surface area (Å²) in [6, 6.07) is 25.3. The fourth-order valence-corrected chi connectivity index (χ4v) is 4.18. The van der Waals surface area contributed by atoms with Gasteiger partial charge < -0.3 is 9.73 Å². The van der Waals surface area contributed by atoms with Crippen LogP contribution in [-0.2, 0) is 11.2 Å². The van der Waals surface area contributed by atoms with Crippen molar-refractivity contribution in [3.63, 3.8) is 0 Å². The first-order chi connectivity index (χ1) is 15.2. The number of carbonyl (C=O) groups is 1. The molecule has 152 valence electrons. The van der Waals surface area contributed by atoms with Crippen LogP contribution in [0.4, 0.5) is 5.69 Å². The standard InChI is InChI=1S/C24H18N4O2S/c29-21(13-14-22-27-28-23(30-22)16-7-2-1-3-8-16)25-18-10-6-9-17(15-18)24-26-19-11-4-5-12-20(19)31-24/h1-12,15H,13-14H2,(H,25,29). The molecular formula is C24H18N4O2S. The van der Waals surface area contributed by atoms with E-state index in [0.717, 1.165) is 32.0 Å². The number of nitrogens with zero attached hydrogens (tertiary/aromatic N) is 3. The van der Waals surface area contributed by atoms with E-state index in [2.05, 4.69) is 26.6 Å². The molecule has 0 radical (unpaired) electrons. The number of anilines is 1. The number of hydrogen-bond donors (Lipinski definition) is 1. The van der Waals surface area contributed by atoms with E-state index in [4.69, 9.17) is 4.42 Å². The summed E-state index contributed by atoms with van der Waals surface area (Å²) in [4.78, 5) is 17.1. The highest BCUT2D eigenvalue weighted by Crippen LogP contribution is 2.31. The summed E-state index contributed by atoms with van der Waals surface area (Å²) in [7, 11) is 0. The third kappa shape index (κ3) is 4.36. The minimum Gasteiger partial charge on any atom is -0.421 e. The van der Waals surface area contributed by atoms with Crippen LogP contribution in [0, 0.1) is 0 Å². The number of rotatable bonds is 6. The van der Waals surface area contributed by atoms with Crippen LogP contribution in [-0.4, -0.2) is 21.1 Å². The molecule has 2 aromatic heterocycles. The minimum absolute atomic E-state index is 0.110. The van der Waals surface area contributed by atoms with Gasteiger partial charge in [0.05, 0.1) is 10.2 Å². The lowest BCUT2D eigenvalue weighted by Crippen LogP contribution is -2.12. The average molecular weight is 427 g/mol. The summed E-state index contributed by atoms with van der Waals surface area (Å²) in [5, 5.41) is 12.0. The van der Waals surface area contributed by atoms with Crippen molar-refractivity contribution in [3.8, 4) is 22.0 Å². The zero-order valence-electron chi connectivity index (χ0n) is 16.5. The van der Waals surface area contributed by atoms with E-state index in [1.54, 1.807) is 11.3 Å². The summed E-state index contributed by atoms with van der Waals surface area (Å²) in [6.45, 7) is 0. The predicted molar refractivity (Wildman–Crippen MR) is 122 cm³/mol. The molecule has 0 saturated carbocycles. The van der Waals surface area contributed by atoms with E-state index >= 15 is 0 Å². The van der Waals surface area contributed by atoms with Crippen molar-refractivity contribution in [2.75, 3.05) is 5.32 Å². The van der Waals surface area contributed by atoms with E-state index in [1.807, 2.05) is 72.8 Å². The number of fused-ring (bicyclic) bond motifs is 1. The lowest BCUT2D eigenvalue weighted by Gasteiger charge is -2.05. The van der Waals surface area contributed by atoms with E-state index in [1.165, 1.54) is 0 Å². The molecule has 1 N–H and O–H groups in total. The Morgan fingerprint density at radius 2 is 1.71 bits per heavy atom. The summed E-state index contributed by atoms with van der Waals surface area (Å²) < 4.78 is 6.81. The van der Waals surface area contributed by atoms with Gasteiger partial charge in [-0.05, 0) is 36.4 Å². The number of carbonyl (C=O) groups excluding carboxylic acids is 1. The Hall–Kier alpha value is -3.84. The molecule has 0 spiro atoms. The molecule has 2 heterocycles. The Morgan fingerprint density at radius 1 is 0.903 bits per heavy atom. The lowest BCUT2D eigenvalue weighted by molar-refractivity contribution is -0.116. The van der Waals surface area contributed by atoms with Gasteiger partial charge >= 0.3 is 0 Å². The second-order valence-electron chi connectivity index (χ2n) is 6.98. The molecule has 0 fully saturated rings. The van der Waals surface area contributed by atoms with Crippen molar-refractivity contribution in [3.05, 3.63) is 84.8 Å². The van der Waals surface area contributed by atoms with Crippen LogP contribution in [0.3, 0.4) is 0 Å². The summed E-state index contributed by atoms with van der Waals surface area (Å²) in [5.41, 5.74) is 3.55. The van der Waals surface area contributed by atoms with Gasteiger partial charge in [-0.2, -0.15) is 0 Å². The van der Waals surface area contributed by atoms with Crippen LogP contribution in [0.25, 0.3) is 32.2 Å². The normalized spacial score (nSPS) is 11.0. The van der Waals surface area contributed by atoms with Gasteiger partial charge in [-0.1, -0.05) is 42.5 Å². The Bertz CT molecular complexity index is 1310. The van der Waals surface area contributed by atoms with Gasteiger partial charge in [0.1, 0.15) is 5.01 Å². The molecule has 1 amide bonds. The minimum atomic E-state index is -0.110. The van der Waals surface area contributed by atoms with Crippen molar-refractivity contribution in [2.24, 2.45) is 0 Å². The zero-order chi connectivity index (χ0) is 21.0. The Balaban J connectivity index is 1.23. The first-order valence-corrected chi connectivity index (χ1v) is 10.7. The van der Waals surface area contributed by atoms with Crippen LogP contribution >= 0.6 is 11.3 Å². The van der Waals surface area contributed by atoms with Crippen molar-refractivity contribution in [2.45, 2.75) is 12.8 Å². The summed E-state index contributed by atoms with van der Waals surface area (Å²) in [5.74, 6) is 0.790. The first-order valence-electron chi connectivity index (χ1n) is 9.88. The van der Waals surface area contributed by atoms with Crippen molar-refractivity contribution in [1.29, 1.82) is 0 Å². The number of aromatic nitrogens is 3. The van der Waals surface area contributed by atoms with Crippen molar-refractivity contribution < 1.29 is 9.21 Å². The molecule has 0 atom stereocenters. The summed E-state index contributed by atoms with van der Waals surface area (Å²) >= 11 is 1.63. The fraction of sp³-hybridized carbons (Fsp3) is 0.0833. The number of para-hydroxylation sites is 1. The van der Waals surface area contributed by atoms with Gasteiger partial charge in [-0.15, -0.1) is 21.5 Å². The molecule has 0 aliphatic rings. The van der Waals surface area contributed by atoms with Crippen LogP contribution in [0.15, 0.2) is 83.3 Å². The quantitative estimate of drug-likeness (QED) is 0.383.